The fraction of sp³-hybridized carbons (Fsp3) is 0.182. The molecule has 134 valence electrons. The predicted molar refractivity (Wildman–Crippen MR) is 101 cm³/mol. The number of halogens is 1. The van der Waals surface area contributed by atoms with Gasteiger partial charge in [-0.05, 0) is 29.3 Å². The second-order valence-electron chi connectivity index (χ2n) is 5.95. The third-order valence-corrected chi connectivity index (χ3v) is 4.07. The van der Waals surface area contributed by atoms with Crippen LogP contribution in [0.4, 0.5) is 4.39 Å². The third-order valence-electron chi connectivity index (χ3n) is 4.07. The van der Waals surface area contributed by atoms with Crippen molar-refractivity contribution in [2.75, 3.05) is 7.11 Å². The fourth-order valence-electron chi connectivity index (χ4n) is 2.66. The maximum Gasteiger partial charge on any atom is 0.161 e. The zero-order valence-electron chi connectivity index (χ0n) is 14.7. The van der Waals surface area contributed by atoms with Crippen molar-refractivity contribution in [1.82, 2.24) is 5.32 Å². The summed E-state index contributed by atoms with van der Waals surface area (Å²) in [5.41, 5.74) is 2.85. The lowest BCUT2D eigenvalue weighted by atomic mass is 10.2. The van der Waals surface area contributed by atoms with Crippen LogP contribution in [0.1, 0.15) is 16.7 Å². The monoisotopic (exact) mass is 351 g/mol. The molecule has 0 unspecified atom stereocenters. The molecule has 0 bridgehead atoms. The van der Waals surface area contributed by atoms with E-state index in [4.69, 9.17) is 9.47 Å². The number of benzene rings is 3. The molecule has 0 aromatic heterocycles. The Balaban J connectivity index is 1.59. The lowest BCUT2D eigenvalue weighted by Gasteiger charge is -2.13. The molecule has 3 aromatic rings. The first kappa shape index (κ1) is 18.0. The third kappa shape index (κ3) is 4.83. The molecule has 0 amide bonds. The maximum absolute atomic E-state index is 13.7. The Morgan fingerprint density at radius 3 is 2.31 bits per heavy atom. The fourth-order valence-corrected chi connectivity index (χ4v) is 2.66. The molecular weight excluding hydrogens is 329 g/mol. The average molecular weight is 351 g/mol. The molecule has 0 spiro atoms. The minimum Gasteiger partial charge on any atom is -0.493 e. The zero-order chi connectivity index (χ0) is 18.2. The van der Waals surface area contributed by atoms with Crippen molar-refractivity contribution in [3.8, 4) is 11.5 Å². The van der Waals surface area contributed by atoms with Crippen LogP contribution in [0.15, 0.2) is 72.8 Å². The highest BCUT2D eigenvalue weighted by molar-refractivity contribution is 5.43. The van der Waals surface area contributed by atoms with E-state index in [2.05, 4.69) is 17.4 Å². The lowest BCUT2D eigenvalue weighted by Crippen LogP contribution is -2.12. The molecule has 0 atom stereocenters. The second-order valence-corrected chi connectivity index (χ2v) is 5.95. The molecular formula is C22H22FNO2. The van der Waals surface area contributed by atoms with Crippen LogP contribution < -0.4 is 14.8 Å². The molecule has 0 saturated heterocycles. The number of hydrogen-bond donors (Lipinski definition) is 1. The van der Waals surface area contributed by atoms with Gasteiger partial charge in [0.05, 0.1) is 7.11 Å². The van der Waals surface area contributed by atoms with Crippen LogP contribution in [0.3, 0.4) is 0 Å². The van der Waals surface area contributed by atoms with Crippen molar-refractivity contribution in [3.05, 3.63) is 95.3 Å². The van der Waals surface area contributed by atoms with Crippen LogP contribution >= 0.6 is 0 Å². The first-order valence-electron chi connectivity index (χ1n) is 8.54. The van der Waals surface area contributed by atoms with E-state index in [-0.39, 0.29) is 12.4 Å². The zero-order valence-corrected chi connectivity index (χ0v) is 14.7. The molecule has 1 N–H and O–H groups in total. The van der Waals surface area contributed by atoms with Gasteiger partial charge in [0, 0.05) is 18.7 Å². The van der Waals surface area contributed by atoms with Gasteiger partial charge in [-0.1, -0.05) is 54.6 Å². The van der Waals surface area contributed by atoms with Crippen molar-refractivity contribution in [2.45, 2.75) is 19.7 Å². The molecule has 0 aliphatic carbocycles. The van der Waals surface area contributed by atoms with Crippen molar-refractivity contribution in [1.29, 1.82) is 0 Å². The van der Waals surface area contributed by atoms with Crippen LogP contribution in [0.5, 0.6) is 11.5 Å². The van der Waals surface area contributed by atoms with Gasteiger partial charge in [0.25, 0.3) is 0 Å². The first-order valence-corrected chi connectivity index (χ1v) is 8.54. The SMILES string of the molecule is COc1cc(CNCc2ccccc2)ccc1OCc1ccccc1F. The Morgan fingerprint density at radius 1 is 0.808 bits per heavy atom. The van der Waals surface area contributed by atoms with Crippen LogP contribution in [0.25, 0.3) is 0 Å². The van der Waals surface area contributed by atoms with E-state index in [0.29, 0.717) is 17.1 Å². The second kappa shape index (κ2) is 9.02. The van der Waals surface area contributed by atoms with Crippen molar-refractivity contribution in [3.63, 3.8) is 0 Å². The minimum atomic E-state index is -0.270. The molecule has 3 aromatic carbocycles. The Kier molecular flexibility index (Phi) is 6.23. The molecule has 0 aliphatic rings. The average Bonchev–Trinajstić information content (AvgIpc) is 2.68. The van der Waals surface area contributed by atoms with E-state index in [1.807, 2.05) is 36.4 Å². The minimum absolute atomic E-state index is 0.161. The summed E-state index contributed by atoms with van der Waals surface area (Å²) in [6, 6.07) is 22.6. The lowest BCUT2D eigenvalue weighted by molar-refractivity contribution is 0.279. The summed E-state index contributed by atoms with van der Waals surface area (Å²) < 4.78 is 24.9. The van der Waals surface area contributed by atoms with E-state index >= 15 is 0 Å². The van der Waals surface area contributed by atoms with Crippen molar-refractivity contribution in [2.24, 2.45) is 0 Å². The van der Waals surface area contributed by atoms with Gasteiger partial charge in [-0.15, -0.1) is 0 Å². The van der Waals surface area contributed by atoms with E-state index in [1.54, 1.807) is 25.3 Å². The summed E-state index contributed by atoms with van der Waals surface area (Å²) in [6.07, 6.45) is 0. The summed E-state index contributed by atoms with van der Waals surface area (Å²) >= 11 is 0. The molecule has 3 nitrogen and oxygen atoms in total. The first-order chi connectivity index (χ1) is 12.8. The number of nitrogens with one attached hydrogen (secondary N) is 1. The van der Waals surface area contributed by atoms with Crippen molar-refractivity contribution < 1.29 is 13.9 Å². The Hall–Kier alpha value is -2.85. The molecule has 0 aliphatic heterocycles. The van der Waals surface area contributed by atoms with Gasteiger partial charge < -0.3 is 14.8 Å². The van der Waals surface area contributed by atoms with Gasteiger partial charge in [0.1, 0.15) is 12.4 Å². The highest BCUT2D eigenvalue weighted by Crippen LogP contribution is 2.29. The van der Waals surface area contributed by atoms with Crippen LogP contribution in [-0.2, 0) is 19.7 Å². The smallest absolute Gasteiger partial charge is 0.161 e. The molecule has 0 fully saturated rings. The summed E-state index contributed by atoms with van der Waals surface area (Å²) in [5.74, 6) is 0.969. The normalized spacial score (nSPS) is 10.5. The van der Waals surface area contributed by atoms with Gasteiger partial charge in [-0.3, -0.25) is 0 Å². The summed E-state index contributed by atoms with van der Waals surface area (Å²) in [6.45, 7) is 1.68. The summed E-state index contributed by atoms with van der Waals surface area (Å²) in [7, 11) is 1.60. The van der Waals surface area contributed by atoms with E-state index in [0.717, 1.165) is 18.7 Å². The molecule has 4 heteroatoms. The molecule has 0 radical (unpaired) electrons. The number of hydrogen-bond acceptors (Lipinski definition) is 3. The van der Waals surface area contributed by atoms with Crippen molar-refractivity contribution >= 4 is 0 Å². The molecule has 0 heterocycles. The van der Waals surface area contributed by atoms with Gasteiger partial charge in [0.2, 0.25) is 0 Å². The molecule has 0 saturated carbocycles. The van der Waals surface area contributed by atoms with E-state index in [1.165, 1.54) is 11.6 Å². The summed E-state index contributed by atoms with van der Waals surface area (Å²) in [4.78, 5) is 0. The van der Waals surface area contributed by atoms with Gasteiger partial charge in [0.15, 0.2) is 11.5 Å². The molecule has 26 heavy (non-hydrogen) atoms. The number of rotatable bonds is 8. The standard InChI is InChI=1S/C22H22FNO2/c1-25-22-13-18(15-24-14-17-7-3-2-4-8-17)11-12-21(22)26-16-19-9-5-6-10-20(19)23/h2-13,24H,14-16H2,1H3. The van der Waals surface area contributed by atoms with E-state index < -0.39 is 0 Å². The highest BCUT2D eigenvalue weighted by atomic mass is 19.1. The topological polar surface area (TPSA) is 30.5 Å². The van der Waals surface area contributed by atoms with Gasteiger partial charge in [-0.2, -0.15) is 0 Å². The predicted octanol–water partition coefficient (Wildman–Crippen LogP) is 4.70. The maximum atomic E-state index is 13.7. The van der Waals surface area contributed by atoms with Gasteiger partial charge in [-0.25, -0.2) is 4.39 Å². The number of methoxy groups -OCH3 is 1. The Labute approximate surface area is 153 Å². The highest BCUT2D eigenvalue weighted by Gasteiger charge is 2.08. The Bertz CT molecular complexity index is 837. The van der Waals surface area contributed by atoms with E-state index in [9.17, 15) is 4.39 Å². The van der Waals surface area contributed by atoms with Crippen LogP contribution in [0, 0.1) is 5.82 Å². The molecule has 3 rings (SSSR count). The van der Waals surface area contributed by atoms with Crippen LogP contribution in [-0.4, -0.2) is 7.11 Å². The largest absolute Gasteiger partial charge is 0.493 e. The quantitative estimate of drug-likeness (QED) is 0.638. The number of ether oxygens (including phenoxy) is 2. The Morgan fingerprint density at radius 2 is 1.54 bits per heavy atom. The van der Waals surface area contributed by atoms with Crippen LogP contribution in [0.2, 0.25) is 0 Å². The van der Waals surface area contributed by atoms with Gasteiger partial charge >= 0.3 is 0 Å². The summed E-state index contributed by atoms with van der Waals surface area (Å²) in [5, 5.41) is 3.41.